The highest BCUT2D eigenvalue weighted by Crippen LogP contribution is 2.19. The van der Waals surface area contributed by atoms with Crippen LogP contribution in [0.2, 0.25) is 0 Å². The Labute approximate surface area is 120 Å². The summed E-state index contributed by atoms with van der Waals surface area (Å²) in [4.78, 5) is 12.5. The van der Waals surface area contributed by atoms with E-state index in [0.29, 0.717) is 0 Å². The van der Waals surface area contributed by atoms with Crippen LogP contribution in [-0.2, 0) is 6.42 Å². The number of amides is 1. The van der Waals surface area contributed by atoms with E-state index in [4.69, 9.17) is 0 Å². The molecule has 0 aliphatic carbocycles. The van der Waals surface area contributed by atoms with Crippen molar-refractivity contribution in [1.82, 2.24) is 0 Å². The lowest BCUT2D eigenvalue weighted by Crippen LogP contribution is -2.15. The fourth-order valence-corrected chi connectivity index (χ4v) is 2.35. The van der Waals surface area contributed by atoms with Crippen LogP contribution in [-0.4, -0.2) is 5.91 Å². The minimum absolute atomic E-state index is 0.0356. The van der Waals surface area contributed by atoms with E-state index in [1.54, 1.807) is 0 Å². The first-order chi connectivity index (χ1) is 9.52. The maximum atomic E-state index is 12.5. The van der Waals surface area contributed by atoms with E-state index in [1.807, 2.05) is 44.2 Å². The van der Waals surface area contributed by atoms with Gasteiger partial charge in [-0.2, -0.15) is 0 Å². The van der Waals surface area contributed by atoms with Crippen molar-refractivity contribution < 1.29 is 4.79 Å². The summed E-state index contributed by atoms with van der Waals surface area (Å²) in [5.41, 5.74) is 6.18. The number of hydrogen-bond donors (Lipinski definition) is 1. The van der Waals surface area contributed by atoms with E-state index in [9.17, 15) is 4.79 Å². The lowest BCUT2D eigenvalue weighted by atomic mass is 10.00. The summed E-state index contributed by atoms with van der Waals surface area (Å²) >= 11 is 0. The van der Waals surface area contributed by atoms with Crippen molar-refractivity contribution >= 4 is 11.6 Å². The van der Waals surface area contributed by atoms with Crippen molar-refractivity contribution in [2.75, 3.05) is 5.32 Å². The molecule has 0 aliphatic rings. The lowest BCUT2D eigenvalue weighted by Gasteiger charge is -2.12. The Kier molecular flexibility index (Phi) is 4.23. The first-order valence-corrected chi connectivity index (χ1v) is 7.00. The Morgan fingerprint density at radius 1 is 1.00 bits per heavy atom. The van der Waals surface area contributed by atoms with Crippen LogP contribution in [0.5, 0.6) is 0 Å². The summed E-state index contributed by atoms with van der Waals surface area (Å²) < 4.78 is 0. The van der Waals surface area contributed by atoms with Crippen LogP contribution in [0.4, 0.5) is 5.69 Å². The number of carbonyl (C=O) groups is 1. The minimum atomic E-state index is -0.0356. The molecule has 104 valence electrons. The van der Waals surface area contributed by atoms with E-state index in [-0.39, 0.29) is 5.91 Å². The molecule has 20 heavy (non-hydrogen) atoms. The Balaban J connectivity index is 2.31. The SMILES string of the molecule is CCc1ccccc1NC(=O)c1cc(C)c(C)cc1C. The summed E-state index contributed by atoms with van der Waals surface area (Å²) in [6.07, 6.45) is 0.905. The fourth-order valence-electron chi connectivity index (χ4n) is 2.35. The van der Waals surface area contributed by atoms with Gasteiger partial charge in [0.1, 0.15) is 0 Å². The van der Waals surface area contributed by atoms with Gasteiger partial charge in [0, 0.05) is 11.3 Å². The third-order valence-corrected chi connectivity index (χ3v) is 3.73. The highest BCUT2D eigenvalue weighted by Gasteiger charge is 2.12. The van der Waals surface area contributed by atoms with E-state index in [2.05, 4.69) is 25.2 Å². The van der Waals surface area contributed by atoms with Gasteiger partial charge in [0.2, 0.25) is 0 Å². The molecule has 2 rings (SSSR count). The molecule has 0 aromatic heterocycles. The smallest absolute Gasteiger partial charge is 0.255 e. The molecule has 0 bridgehead atoms. The van der Waals surface area contributed by atoms with Crippen LogP contribution < -0.4 is 5.32 Å². The number of hydrogen-bond acceptors (Lipinski definition) is 1. The number of nitrogens with one attached hydrogen (secondary N) is 1. The Morgan fingerprint density at radius 3 is 2.35 bits per heavy atom. The van der Waals surface area contributed by atoms with Crippen molar-refractivity contribution in [2.45, 2.75) is 34.1 Å². The van der Waals surface area contributed by atoms with Crippen LogP contribution in [0, 0.1) is 20.8 Å². The zero-order valence-corrected chi connectivity index (χ0v) is 12.6. The third-order valence-electron chi connectivity index (χ3n) is 3.73. The van der Waals surface area contributed by atoms with Crippen molar-refractivity contribution in [2.24, 2.45) is 0 Å². The largest absolute Gasteiger partial charge is 0.322 e. The van der Waals surface area contributed by atoms with Crippen molar-refractivity contribution in [3.8, 4) is 0 Å². The van der Waals surface area contributed by atoms with Gasteiger partial charge in [0.15, 0.2) is 0 Å². The second-order valence-corrected chi connectivity index (χ2v) is 5.22. The zero-order valence-electron chi connectivity index (χ0n) is 12.6. The molecule has 0 heterocycles. The molecule has 0 aliphatic heterocycles. The monoisotopic (exact) mass is 267 g/mol. The van der Waals surface area contributed by atoms with Crippen LogP contribution in [0.1, 0.15) is 39.5 Å². The average molecular weight is 267 g/mol. The number of rotatable bonds is 3. The van der Waals surface area contributed by atoms with Gasteiger partial charge in [-0.1, -0.05) is 31.2 Å². The van der Waals surface area contributed by atoms with Crippen molar-refractivity contribution in [1.29, 1.82) is 0 Å². The van der Waals surface area contributed by atoms with Crippen LogP contribution in [0.25, 0.3) is 0 Å². The number of benzene rings is 2. The summed E-state index contributed by atoms with van der Waals surface area (Å²) in [6.45, 7) is 8.17. The van der Waals surface area contributed by atoms with E-state index >= 15 is 0 Å². The quantitative estimate of drug-likeness (QED) is 0.876. The van der Waals surface area contributed by atoms with Crippen molar-refractivity contribution in [3.63, 3.8) is 0 Å². The highest BCUT2D eigenvalue weighted by molar-refractivity contribution is 6.05. The van der Waals surface area contributed by atoms with Crippen LogP contribution in [0.15, 0.2) is 36.4 Å². The first-order valence-electron chi connectivity index (χ1n) is 7.00. The van der Waals surface area contributed by atoms with Gasteiger partial charge in [0.25, 0.3) is 5.91 Å². The molecule has 0 spiro atoms. The molecule has 0 saturated heterocycles. The van der Waals surface area contributed by atoms with Crippen LogP contribution in [0.3, 0.4) is 0 Å². The second kappa shape index (κ2) is 5.91. The summed E-state index contributed by atoms with van der Waals surface area (Å²) in [5, 5.41) is 3.03. The normalized spacial score (nSPS) is 10.4. The van der Waals surface area contributed by atoms with Crippen LogP contribution >= 0.6 is 0 Å². The summed E-state index contributed by atoms with van der Waals surface area (Å²) in [5.74, 6) is -0.0356. The molecule has 2 heteroatoms. The van der Waals surface area contributed by atoms with Gasteiger partial charge in [0.05, 0.1) is 0 Å². The van der Waals surface area contributed by atoms with Crippen molar-refractivity contribution in [3.05, 3.63) is 64.2 Å². The highest BCUT2D eigenvalue weighted by atomic mass is 16.1. The Bertz CT molecular complexity index is 644. The van der Waals surface area contributed by atoms with Gasteiger partial charge in [-0.05, 0) is 61.6 Å². The van der Waals surface area contributed by atoms with Gasteiger partial charge < -0.3 is 5.32 Å². The third kappa shape index (κ3) is 2.90. The van der Waals surface area contributed by atoms with Gasteiger partial charge >= 0.3 is 0 Å². The fraction of sp³-hybridized carbons (Fsp3) is 0.278. The Morgan fingerprint density at radius 2 is 1.65 bits per heavy atom. The molecule has 1 N–H and O–H groups in total. The molecule has 2 aromatic rings. The molecular weight excluding hydrogens is 246 g/mol. The predicted molar refractivity (Wildman–Crippen MR) is 84.4 cm³/mol. The molecule has 2 aromatic carbocycles. The number of para-hydroxylation sites is 1. The molecule has 1 amide bonds. The van der Waals surface area contributed by atoms with Gasteiger partial charge in [-0.15, -0.1) is 0 Å². The Hall–Kier alpha value is -2.09. The standard InChI is InChI=1S/C18H21NO/c1-5-15-8-6-7-9-17(15)19-18(20)16-11-13(3)12(2)10-14(16)4/h6-11H,5H2,1-4H3,(H,19,20). The second-order valence-electron chi connectivity index (χ2n) is 5.22. The van der Waals surface area contributed by atoms with E-state index in [0.717, 1.165) is 34.4 Å². The molecule has 0 radical (unpaired) electrons. The maximum Gasteiger partial charge on any atom is 0.255 e. The molecular formula is C18H21NO. The zero-order chi connectivity index (χ0) is 14.7. The molecule has 0 fully saturated rings. The summed E-state index contributed by atoms with van der Waals surface area (Å²) in [7, 11) is 0. The first kappa shape index (κ1) is 14.3. The minimum Gasteiger partial charge on any atom is -0.322 e. The van der Waals surface area contributed by atoms with E-state index < -0.39 is 0 Å². The lowest BCUT2D eigenvalue weighted by molar-refractivity contribution is 0.102. The molecule has 0 saturated carbocycles. The number of anilines is 1. The maximum absolute atomic E-state index is 12.5. The van der Waals surface area contributed by atoms with Gasteiger partial charge in [-0.25, -0.2) is 0 Å². The summed E-state index contributed by atoms with van der Waals surface area (Å²) in [6, 6.07) is 12.0. The van der Waals surface area contributed by atoms with Gasteiger partial charge in [-0.3, -0.25) is 4.79 Å². The predicted octanol–water partition coefficient (Wildman–Crippen LogP) is 4.43. The number of carbonyl (C=O) groups excluding carboxylic acids is 1. The molecule has 2 nitrogen and oxygen atoms in total. The molecule has 0 unspecified atom stereocenters. The number of aryl methyl sites for hydroxylation is 4. The topological polar surface area (TPSA) is 29.1 Å². The molecule has 0 atom stereocenters. The van der Waals surface area contributed by atoms with E-state index in [1.165, 1.54) is 5.56 Å². The average Bonchev–Trinajstić information content (AvgIpc) is 2.43.